The van der Waals surface area contributed by atoms with Gasteiger partial charge in [0.05, 0.1) is 16.6 Å². The first kappa shape index (κ1) is 23.7. The summed E-state index contributed by atoms with van der Waals surface area (Å²) < 4.78 is 5.92. The molecule has 2 aliphatic rings. The lowest BCUT2D eigenvalue weighted by Crippen LogP contribution is -2.37. The Morgan fingerprint density at radius 2 is 1.89 bits per heavy atom. The molecule has 2 aromatic carbocycles. The summed E-state index contributed by atoms with van der Waals surface area (Å²) in [7, 11) is 0. The van der Waals surface area contributed by atoms with Crippen molar-refractivity contribution in [1.82, 2.24) is 20.1 Å². The van der Waals surface area contributed by atoms with Crippen molar-refractivity contribution in [2.24, 2.45) is 5.92 Å². The Bertz CT molecular complexity index is 1550. The van der Waals surface area contributed by atoms with E-state index in [0.717, 1.165) is 64.9 Å². The van der Waals surface area contributed by atoms with Crippen LogP contribution in [0.2, 0.25) is 0 Å². The van der Waals surface area contributed by atoms with E-state index in [0.29, 0.717) is 24.7 Å². The van der Waals surface area contributed by atoms with Crippen LogP contribution in [0.3, 0.4) is 0 Å². The van der Waals surface area contributed by atoms with Gasteiger partial charge in [-0.3, -0.25) is 14.9 Å². The number of H-pyrrole nitrogens is 1. The van der Waals surface area contributed by atoms with Gasteiger partial charge in [-0.15, -0.1) is 0 Å². The molecule has 3 heterocycles. The van der Waals surface area contributed by atoms with Crippen molar-refractivity contribution >= 4 is 22.6 Å². The number of anilines is 1. The predicted octanol–water partition coefficient (Wildman–Crippen LogP) is 5.39. The van der Waals surface area contributed by atoms with E-state index < -0.39 is 0 Å². The number of nitrogens with one attached hydrogen (secondary N) is 1. The van der Waals surface area contributed by atoms with E-state index in [9.17, 15) is 10.1 Å². The Kier molecular flexibility index (Phi) is 6.26. The third-order valence-corrected chi connectivity index (χ3v) is 7.28. The van der Waals surface area contributed by atoms with E-state index in [1.165, 1.54) is 0 Å². The lowest BCUT2D eigenvalue weighted by atomic mass is 10.00. The minimum Gasteiger partial charge on any atom is -0.457 e. The summed E-state index contributed by atoms with van der Waals surface area (Å²) in [5, 5.41) is 17.7. The number of carbonyl (C=O) groups is 1. The van der Waals surface area contributed by atoms with Crippen LogP contribution < -0.4 is 10.5 Å². The van der Waals surface area contributed by atoms with Crippen molar-refractivity contribution in [3.8, 4) is 28.8 Å². The third kappa shape index (κ3) is 4.71. The average Bonchev–Trinajstić information content (AvgIpc) is 3.51. The van der Waals surface area contributed by atoms with Crippen molar-refractivity contribution < 1.29 is 9.53 Å². The van der Waals surface area contributed by atoms with Crippen molar-refractivity contribution in [1.29, 1.82) is 5.26 Å². The second-order valence-electron chi connectivity index (χ2n) is 9.96. The van der Waals surface area contributed by atoms with E-state index in [1.807, 2.05) is 71.8 Å². The highest BCUT2D eigenvalue weighted by molar-refractivity contribution is 6.01. The Hall–Kier alpha value is -4.64. The summed E-state index contributed by atoms with van der Waals surface area (Å²) >= 11 is 0. The highest BCUT2D eigenvalue weighted by Gasteiger charge is 2.32. The molecule has 0 bridgehead atoms. The van der Waals surface area contributed by atoms with Crippen molar-refractivity contribution in [2.45, 2.75) is 38.1 Å². The van der Waals surface area contributed by atoms with Crippen LogP contribution in [-0.2, 0) is 11.2 Å². The number of aromatic nitrogens is 3. The molecule has 6 rings (SSSR count). The molecule has 0 radical (unpaired) electrons. The van der Waals surface area contributed by atoms with Crippen LogP contribution in [0.15, 0.2) is 72.4 Å². The number of carbonyl (C=O) groups excluding carboxylic acids is 1. The molecule has 2 fully saturated rings. The monoisotopic (exact) mass is 504 g/mol. The molecule has 190 valence electrons. The van der Waals surface area contributed by atoms with Gasteiger partial charge in [-0.2, -0.15) is 10.4 Å². The standard InChI is InChI=1S/C30H28N6O2/c31-17-21(15-19-8-9-19)30(37)36-14-4-5-23(36)16-22-18-33-27(26-28(22)34-35-29(26)32)20-10-12-25(13-11-20)38-24-6-2-1-3-7-24/h1-3,6-7,10-13,15,18-19,23H,4-5,8-9,14,16H2,(H3,32,34,35)/b21-15+. The van der Waals surface area contributed by atoms with E-state index >= 15 is 0 Å². The van der Waals surface area contributed by atoms with Crippen LogP contribution in [-0.4, -0.2) is 38.6 Å². The third-order valence-electron chi connectivity index (χ3n) is 7.28. The number of allylic oxidation sites excluding steroid dienone is 1. The quantitative estimate of drug-likeness (QED) is 0.257. The summed E-state index contributed by atoms with van der Waals surface area (Å²) in [6.45, 7) is 0.657. The molecular weight excluding hydrogens is 476 g/mol. The average molecular weight is 505 g/mol. The largest absolute Gasteiger partial charge is 0.457 e. The van der Waals surface area contributed by atoms with Crippen LogP contribution in [0.4, 0.5) is 5.82 Å². The zero-order valence-corrected chi connectivity index (χ0v) is 20.9. The van der Waals surface area contributed by atoms with Gasteiger partial charge in [0.15, 0.2) is 5.82 Å². The van der Waals surface area contributed by atoms with Gasteiger partial charge in [0.1, 0.15) is 23.1 Å². The van der Waals surface area contributed by atoms with Gasteiger partial charge in [-0.05, 0) is 80.0 Å². The zero-order chi connectivity index (χ0) is 26.1. The zero-order valence-electron chi connectivity index (χ0n) is 20.9. The molecule has 3 N–H and O–H groups in total. The van der Waals surface area contributed by atoms with Crippen LogP contribution in [0.25, 0.3) is 22.2 Å². The number of para-hydroxylation sites is 1. The molecule has 1 saturated heterocycles. The molecule has 0 spiro atoms. The summed E-state index contributed by atoms with van der Waals surface area (Å²) in [6, 6.07) is 19.5. The number of aromatic amines is 1. The van der Waals surface area contributed by atoms with Gasteiger partial charge in [-0.1, -0.05) is 24.3 Å². The van der Waals surface area contributed by atoms with Crippen LogP contribution in [0.5, 0.6) is 11.5 Å². The number of hydrogen-bond donors (Lipinski definition) is 2. The molecule has 38 heavy (non-hydrogen) atoms. The van der Waals surface area contributed by atoms with Gasteiger partial charge in [-0.25, -0.2) is 0 Å². The molecule has 1 atom stereocenters. The Morgan fingerprint density at radius 3 is 2.63 bits per heavy atom. The summed E-state index contributed by atoms with van der Waals surface area (Å²) in [5.41, 5.74) is 9.97. The topological polar surface area (TPSA) is 121 Å². The molecular formula is C30H28N6O2. The number of fused-ring (bicyclic) bond motifs is 1. The van der Waals surface area contributed by atoms with Gasteiger partial charge in [0.25, 0.3) is 5.91 Å². The summed E-state index contributed by atoms with van der Waals surface area (Å²) in [6.07, 6.45) is 8.21. The molecule has 1 amide bonds. The summed E-state index contributed by atoms with van der Waals surface area (Å²) in [5.74, 6) is 2.09. The molecule has 1 aliphatic carbocycles. The number of nitrogen functional groups attached to an aromatic ring is 1. The first-order chi connectivity index (χ1) is 18.6. The van der Waals surface area contributed by atoms with Crippen LogP contribution >= 0.6 is 0 Å². The number of pyridine rings is 1. The lowest BCUT2D eigenvalue weighted by molar-refractivity contribution is -0.127. The molecule has 1 saturated carbocycles. The van der Waals surface area contributed by atoms with E-state index in [4.69, 9.17) is 15.5 Å². The minimum atomic E-state index is -0.162. The first-order valence-corrected chi connectivity index (χ1v) is 13.0. The van der Waals surface area contributed by atoms with E-state index in [-0.39, 0.29) is 17.5 Å². The molecule has 8 nitrogen and oxygen atoms in total. The maximum atomic E-state index is 13.2. The second kappa shape index (κ2) is 10.0. The Balaban J connectivity index is 1.25. The highest BCUT2D eigenvalue weighted by Crippen LogP contribution is 2.35. The van der Waals surface area contributed by atoms with Crippen molar-refractivity contribution in [2.75, 3.05) is 12.3 Å². The maximum Gasteiger partial charge on any atom is 0.264 e. The number of nitrogens with two attached hydrogens (primary N) is 1. The molecule has 2 aromatic heterocycles. The minimum absolute atomic E-state index is 0.00625. The number of amides is 1. The predicted molar refractivity (Wildman–Crippen MR) is 145 cm³/mol. The second-order valence-corrected chi connectivity index (χ2v) is 9.96. The van der Waals surface area contributed by atoms with E-state index in [1.54, 1.807) is 0 Å². The number of likely N-dealkylation sites (tertiary alicyclic amines) is 1. The number of rotatable bonds is 7. The fraction of sp³-hybridized carbons (Fsp3) is 0.267. The van der Waals surface area contributed by atoms with Crippen LogP contribution in [0.1, 0.15) is 31.2 Å². The molecule has 4 aromatic rings. The Labute approximate surface area is 220 Å². The van der Waals surface area contributed by atoms with Gasteiger partial charge in [0.2, 0.25) is 0 Å². The number of benzene rings is 2. The fourth-order valence-electron chi connectivity index (χ4n) is 5.16. The lowest BCUT2D eigenvalue weighted by Gasteiger charge is -2.25. The van der Waals surface area contributed by atoms with Gasteiger partial charge >= 0.3 is 0 Å². The SMILES string of the molecule is N#C/C(=C\C1CC1)C(=O)N1CCCC1Cc1cnc(-c2ccc(Oc3ccccc3)cc2)c2c(N)n[nH]c12. The summed E-state index contributed by atoms with van der Waals surface area (Å²) in [4.78, 5) is 19.8. The van der Waals surface area contributed by atoms with E-state index in [2.05, 4.69) is 16.3 Å². The van der Waals surface area contributed by atoms with Crippen molar-refractivity contribution in [3.63, 3.8) is 0 Å². The highest BCUT2D eigenvalue weighted by atomic mass is 16.5. The fourth-order valence-corrected chi connectivity index (χ4v) is 5.16. The first-order valence-electron chi connectivity index (χ1n) is 13.0. The molecule has 8 heteroatoms. The number of hydrogen-bond acceptors (Lipinski definition) is 6. The number of nitrogens with zero attached hydrogens (tertiary/aromatic N) is 4. The van der Waals surface area contributed by atoms with Gasteiger partial charge < -0.3 is 15.4 Å². The number of nitriles is 1. The maximum absolute atomic E-state index is 13.2. The number of ether oxygens (including phenoxy) is 1. The van der Waals surface area contributed by atoms with Crippen LogP contribution in [0, 0.1) is 17.2 Å². The normalized spacial score (nSPS) is 17.5. The molecule has 1 unspecified atom stereocenters. The van der Waals surface area contributed by atoms with Gasteiger partial charge in [0, 0.05) is 24.3 Å². The smallest absolute Gasteiger partial charge is 0.264 e. The van der Waals surface area contributed by atoms with Crippen molar-refractivity contribution in [3.05, 3.63) is 78.0 Å². The Morgan fingerprint density at radius 1 is 1.13 bits per heavy atom. The molecule has 1 aliphatic heterocycles.